The number of carboxylic acid groups (broad SMARTS) is 1. The molecule has 0 aliphatic rings. The largest absolute Gasteiger partial charge is 0.508 e. The van der Waals surface area contributed by atoms with Crippen molar-refractivity contribution in [1.82, 2.24) is 20.9 Å². The summed E-state index contributed by atoms with van der Waals surface area (Å²) in [5.74, 6) is -3.03. The first kappa shape index (κ1) is 31.1. The molecule has 0 fully saturated rings. The van der Waals surface area contributed by atoms with E-state index in [9.17, 15) is 29.4 Å². The summed E-state index contributed by atoms with van der Waals surface area (Å²) in [5, 5.41) is 28.0. The number of phenolic OH excluding ortho intramolecular Hbond substituents is 1. The molecule has 3 rings (SSSR count). The van der Waals surface area contributed by atoms with Crippen molar-refractivity contribution in [3.05, 3.63) is 65.9 Å². The summed E-state index contributed by atoms with van der Waals surface area (Å²) in [7, 11) is 0. The molecule has 41 heavy (non-hydrogen) atoms. The third kappa shape index (κ3) is 9.05. The molecule has 0 bridgehead atoms. The molecule has 12 nitrogen and oxygen atoms in total. The first-order valence-corrected chi connectivity index (χ1v) is 13.5. The second kappa shape index (κ2) is 14.8. The highest BCUT2D eigenvalue weighted by Crippen LogP contribution is 2.19. The Kier molecular flexibility index (Phi) is 11.2. The van der Waals surface area contributed by atoms with E-state index >= 15 is 0 Å². The number of hydrogen-bond acceptors (Lipinski definition) is 7. The normalized spacial score (nSPS) is 14.0. The summed E-state index contributed by atoms with van der Waals surface area (Å²) >= 11 is 0. The molecule has 0 spiro atoms. The number of carbonyl (C=O) groups is 4. The van der Waals surface area contributed by atoms with Crippen LogP contribution in [0.5, 0.6) is 5.75 Å². The first-order valence-electron chi connectivity index (χ1n) is 13.5. The molecule has 0 saturated carbocycles. The van der Waals surface area contributed by atoms with E-state index in [4.69, 9.17) is 11.5 Å². The number of H-pyrrole nitrogens is 1. The molecule has 1 aromatic heterocycles. The van der Waals surface area contributed by atoms with Crippen LogP contribution in [-0.4, -0.2) is 69.6 Å². The van der Waals surface area contributed by atoms with Crippen LogP contribution in [0.15, 0.2) is 54.7 Å². The summed E-state index contributed by atoms with van der Waals surface area (Å²) in [6, 6.07) is 9.24. The van der Waals surface area contributed by atoms with Crippen molar-refractivity contribution in [2.24, 2.45) is 11.5 Å². The van der Waals surface area contributed by atoms with Crippen molar-refractivity contribution in [1.29, 1.82) is 0 Å². The number of fused-ring (bicyclic) bond motifs is 1. The molecular weight excluding hydrogens is 528 g/mol. The van der Waals surface area contributed by atoms with Crippen LogP contribution in [0, 0.1) is 0 Å². The summed E-state index contributed by atoms with van der Waals surface area (Å²) in [6.45, 7) is 1.88. The number of aromatic hydroxyl groups is 1. The fourth-order valence-corrected chi connectivity index (χ4v) is 4.41. The van der Waals surface area contributed by atoms with Crippen LogP contribution in [-0.2, 0) is 32.0 Å². The molecule has 0 aliphatic carbocycles. The Bertz CT molecular complexity index is 1340. The molecule has 3 amide bonds. The van der Waals surface area contributed by atoms with Gasteiger partial charge in [-0.1, -0.05) is 30.3 Å². The Morgan fingerprint density at radius 1 is 0.854 bits per heavy atom. The Hall–Kier alpha value is -4.42. The molecule has 0 radical (unpaired) electrons. The Balaban J connectivity index is 1.79. The quantitative estimate of drug-likeness (QED) is 0.122. The van der Waals surface area contributed by atoms with E-state index < -0.39 is 47.9 Å². The van der Waals surface area contributed by atoms with Gasteiger partial charge < -0.3 is 42.6 Å². The number of carboxylic acids is 1. The van der Waals surface area contributed by atoms with E-state index in [0.717, 1.165) is 16.5 Å². The summed E-state index contributed by atoms with van der Waals surface area (Å²) in [6.07, 6.45) is 3.17. The van der Waals surface area contributed by atoms with Gasteiger partial charge in [0.05, 0.1) is 6.04 Å². The minimum Gasteiger partial charge on any atom is -0.508 e. The number of carbonyl (C=O) groups excluding carboxylic acids is 3. The number of aromatic nitrogens is 1. The van der Waals surface area contributed by atoms with E-state index in [1.807, 2.05) is 24.3 Å². The topological polar surface area (TPSA) is 213 Å². The molecule has 2 aromatic carbocycles. The van der Waals surface area contributed by atoms with Crippen LogP contribution in [0.3, 0.4) is 0 Å². The first-order chi connectivity index (χ1) is 19.6. The maximum atomic E-state index is 13.5. The number of phenols is 1. The number of nitrogens with two attached hydrogens (primary N) is 2. The van der Waals surface area contributed by atoms with Crippen LogP contribution in [0.4, 0.5) is 0 Å². The third-order valence-corrected chi connectivity index (χ3v) is 6.72. The molecule has 4 atom stereocenters. The fraction of sp³-hybridized carbons (Fsp3) is 0.379. The minimum atomic E-state index is -1.28. The minimum absolute atomic E-state index is 0.0293. The number of unbranched alkanes of at least 4 members (excludes halogenated alkanes) is 1. The highest BCUT2D eigenvalue weighted by Gasteiger charge is 2.30. The number of aliphatic carboxylic acids is 1. The predicted octanol–water partition coefficient (Wildman–Crippen LogP) is 0.674. The lowest BCUT2D eigenvalue weighted by Gasteiger charge is -2.25. The molecule has 0 aliphatic heterocycles. The Morgan fingerprint density at radius 2 is 1.49 bits per heavy atom. The van der Waals surface area contributed by atoms with Gasteiger partial charge in [0.2, 0.25) is 17.7 Å². The van der Waals surface area contributed by atoms with Gasteiger partial charge in [0.25, 0.3) is 0 Å². The SMILES string of the molecule is CC(N)C(=O)NC(Cc1c[nH]c2ccccc12)C(=O)NC(CCCCN)C(=O)NC(Cc1ccc(O)cc1)C(=O)O. The Morgan fingerprint density at radius 3 is 2.15 bits per heavy atom. The third-order valence-electron chi connectivity index (χ3n) is 6.72. The van der Waals surface area contributed by atoms with E-state index in [0.29, 0.717) is 24.9 Å². The van der Waals surface area contributed by atoms with Crippen molar-refractivity contribution in [3.8, 4) is 5.75 Å². The van der Waals surface area contributed by atoms with Gasteiger partial charge in [-0.2, -0.15) is 0 Å². The molecule has 12 heteroatoms. The molecule has 220 valence electrons. The number of nitrogens with one attached hydrogen (secondary N) is 4. The van der Waals surface area contributed by atoms with Crippen molar-refractivity contribution >= 4 is 34.6 Å². The van der Waals surface area contributed by atoms with Gasteiger partial charge in [-0.05, 0) is 62.1 Å². The second-order valence-corrected chi connectivity index (χ2v) is 10.0. The smallest absolute Gasteiger partial charge is 0.326 e. The molecule has 0 saturated heterocycles. The van der Waals surface area contributed by atoms with Gasteiger partial charge in [0.15, 0.2) is 0 Å². The monoisotopic (exact) mass is 566 g/mol. The van der Waals surface area contributed by atoms with Gasteiger partial charge >= 0.3 is 5.97 Å². The van der Waals surface area contributed by atoms with Crippen LogP contribution < -0.4 is 27.4 Å². The standard InChI is InChI=1S/C29H38N6O6/c1-17(31)26(37)34-24(15-19-16-32-22-7-3-2-6-21(19)22)28(39)33-23(8-4-5-13-30)27(38)35-25(29(40)41)14-18-9-11-20(36)12-10-18/h2-3,6-7,9-12,16-17,23-25,32,36H,4-5,8,13-15,30-31H2,1H3,(H,33,39)(H,34,37)(H,35,38)(H,40,41). The van der Waals surface area contributed by atoms with Gasteiger partial charge in [-0.25, -0.2) is 4.79 Å². The number of hydrogen-bond donors (Lipinski definition) is 8. The van der Waals surface area contributed by atoms with E-state index in [1.54, 1.807) is 18.3 Å². The number of benzene rings is 2. The average molecular weight is 567 g/mol. The molecular formula is C29H38N6O6. The lowest BCUT2D eigenvalue weighted by molar-refractivity contribution is -0.142. The summed E-state index contributed by atoms with van der Waals surface area (Å²) in [4.78, 5) is 54.4. The highest BCUT2D eigenvalue weighted by atomic mass is 16.4. The predicted molar refractivity (Wildman–Crippen MR) is 154 cm³/mol. The lowest BCUT2D eigenvalue weighted by atomic mass is 10.0. The fourth-order valence-electron chi connectivity index (χ4n) is 4.41. The number of rotatable bonds is 15. The van der Waals surface area contributed by atoms with E-state index in [-0.39, 0.29) is 25.0 Å². The van der Waals surface area contributed by atoms with E-state index in [1.165, 1.54) is 19.1 Å². The Labute approximate surface area is 237 Å². The van der Waals surface area contributed by atoms with Gasteiger partial charge in [-0.3, -0.25) is 14.4 Å². The molecule has 3 aromatic rings. The van der Waals surface area contributed by atoms with Crippen molar-refractivity contribution < 1.29 is 29.4 Å². The highest BCUT2D eigenvalue weighted by molar-refractivity contribution is 5.94. The molecule has 1 heterocycles. The zero-order valence-corrected chi connectivity index (χ0v) is 22.9. The zero-order chi connectivity index (χ0) is 29.9. The van der Waals surface area contributed by atoms with Gasteiger partial charge in [-0.15, -0.1) is 0 Å². The second-order valence-electron chi connectivity index (χ2n) is 10.0. The van der Waals surface area contributed by atoms with Crippen LogP contribution >= 0.6 is 0 Å². The summed E-state index contributed by atoms with van der Waals surface area (Å²) in [5.41, 5.74) is 13.6. The number of amides is 3. The van der Waals surface area contributed by atoms with Crippen LogP contribution in [0.25, 0.3) is 10.9 Å². The maximum Gasteiger partial charge on any atom is 0.326 e. The van der Waals surface area contributed by atoms with Crippen molar-refractivity contribution in [2.45, 2.75) is 63.2 Å². The van der Waals surface area contributed by atoms with Crippen molar-refractivity contribution in [2.75, 3.05) is 6.54 Å². The van der Waals surface area contributed by atoms with Crippen LogP contribution in [0.1, 0.15) is 37.3 Å². The van der Waals surface area contributed by atoms with E-state index in [2.05, 4.69) is 20.9 Å². The summed E-state index contributed by atoms with van der Waals surface area (Å²) < 4.78 is 0. The molecule has 10 N–H and O–H groups in total. The van der Waals surface area contributed by atoms with Gasteiger partial charge in [0, 0.05) is 29.9 Å². The number of aromatic amines is 1. The average Bonchev–Trinajstić information content (AvgIpc) is 3.35. The van der Waals surface area contributed by atoms with Gasteiger partial charge in [0.1, 0.15) is 23.9 Å². The zero-order valence-electron chi connectivity index (χ0n) is 22.9. The molecule has 4 unspecified atom stereocenters. The van der Waals surface area contributed by atoms with Crippen LogP contribution in [0.2, 0.25) is 0 Å². The number of para-hydroxylation sites is 1. The lowest BCUT2D eigenvalue weighted by Crippen LogP contribution is -2.57. The maximum absolute atomic E-state index is 13.5. The van der Waals surface area contributed by atoms with Crippen molar-refractivity contribution in [3.63, 3.8) is 0 Å².